The van der Waals surface area contributed by atoms with Crippen LogP contribution in [0, 0.1) is 0 Å². The molecule has 0 radical (unpaired) electrons. The molecule has 46 heavy (non-hydrogen) atoms. The van der Waals surface area contributed by atoms with E-state index in [2.05, 4.69) is 160 Å². The third kappa shape index (κ3) is 5.87. The molecule has 0 aliphatic carbocycles. The van der Waals surface area contributed by atoms with Gasteiger partial charge in [-0.05, 0) is 92.6 Å². The molecule has 0 fully saturated rings. The van der Waals surface area contributed by atoms with Crippen LogP contribution in [0.1, 0.15) is 46.9 Å². The van der Waals surface area contributed by atoms with E-state index in [1.807, 2.05) is 0 Å². The van der Waals surface area contributed by atoms with Crippen molar-refractivity contribution in [3.8, 4) is 16.9 Å². The van der Waals surface area contributed by atoms with Crippen molar-refractivity contribution in [1.82, 2.24) is 0 Å². The molecule has 1 atom stereocenters. The van der Waals surface area contributed by atoms with Crippen molar-refractivity contribution in [3.63, 3.8) is 0 Å². The van der Waals surface area contributed by atoms with Gasteiger partial charge in [0.15, 0.2) is 5.75 Å². The van der Waals surface area contributed by atoms with Gasteiger partial charge in [0, 0.05) is 30.5 Å². The highest BCUT2D eigenvalue weighted by atomic mass is 28.3. The Bertz CT molecular complexity index is 1930. The number of ether oxygens (including phenoxy) is 1. The maximum absolute atomic E-state index is 6.47. The second-order valence-electron chi connectivity index (χ2n) is 13.3. The molecule has 1 aromatic heterocycles. The Labute approximate surface area is 275 Å². The number of allylic oxidation sites excluding steroid dienone is 2. The van der Waals surface area contributed by atoms with Gasteiger partial charge in [0.1, 0.15) is 6.54 Å². The summed E-state index contributed by atoms with van der Waals surface area (Å²) in [5.41, 5.74) is 8.58. The first-order chi connectivity index (χ1) is 22.2. The van der Waals surface area contributed by atoms with Crippen molar-refractivity contribution >= 4 is 47.4 Å². The number of fused-ring (bicyclic) bond motifs is 4. The summed E-state index contributed by atoms with van der Waals surface area (Å²) in [7, 11) is -1.30. The van der Waals surface area contributed by atoms with E-state index >= 15 is 0 Å². The fourth-order valence-corrected chi connectivity index (χ4v) is 7.83. The molecule has 4 aromatic carbocycles. The number of nitrogens with zero attached hydrogens (tertiary/aromatic N) is 3. The fourth-order valence-electron chi connectivity index (χ4n) is 6.57. The Morgan fingerprint density at radius 3 is 2.33 bits per heavy atom. The van der Waals surface area contributed by atoms with Gasteiger partial charge in [-0.3, -0.25) is 0 Å². The lowest BCUT2D eigenvalue weighted by atomic mass is 10.0. The number of anilines is 2. The van der Waals surface area contributed by atoms with Crippen LogP contribution in [-0.4, -0.2) is 26.8 Å². The summed E-state index contributed by atoms with van der Waals surface area (Å²) in [5.74, 6) is 2.60. The molecule has 5 aromatic rings. The van der Waals surface area contributed by atoms with Gasteiger partial charge in [0.2, 0.25) is 11.5 Å². The van der Waals surface area contributed by atoms with Crippen LogP contribution in [0.25, 0.3) is 39.1 Å². The van der Waals surface area contributed by atoms with E-state index in [0.717, 1.165) is 65.9 Å². The highest BCUT2D eigenvalue weighted by molar-refractivity contribution is 6.78. The summed E-state index contributed by atoms with van der Waals surface area (Å²) < 4.78 is 15.2. The SMILES string of the molecule is CCC(/C=C1\Oc2ccc(-c3ccc(N(CC)C(C)[Si](C)(C)C)cc3)cc2N1CC)=C\c1oc2ccc3ccccc3c2[n+]1CC. The first-order valence-electron chi connectivity index (χ1n) is 16.9. The molecular weight excluding hydrogens is 583 g/mol. The summed E-state index contributed by atoms with van der Waals surface area (Å²) in [6.45, 7) is 21.2. The Morgan fingerprint density at radius 1 is 0.913 bits per heavy atom. The molecule has 1 aliphatic heterocycles. The standard InChI is InChI=1S/C40H48N3O2Si/c1-9-29(26-39-43(12-4)40-34-16-14-13-15-31(34)19-24-37(40)45-39)25-38-42(11-3)35-27-32(20-23-36(35)44-38)30-17-21-33(22-18-30)41(10-2)28(5)46(6,7)8/h13-28H,9-12H2,1-8H3/q+1. The predicted octanol–water partition coefficient (Wildman–Crippen LogP) is 10.2. The van der Waals surface area contributed by atoms with E-state index in [1.54, 1.807) is 0 Å². The van der Waals surface area contributed by atoms with E-state index in [0.29, 0.717) is 5.67 Å². The third-order valence-corrected chi connectivity index (χ3v) is 12.4. The maximum Gasteiger partial charge on any atom is 0.374 e. The Hall–Kier alpha value is -4.29. The second-order valence-corrected chi connectivity index (χ2v) is 18.8. The third-order valence-electron chi connectivity index (χ3n) is 9.60. The zero-order valence-electron chi connectivity index (χ0n) is 28.7. The molecule has 1 unspecified atom stereocenters. The summed E-state index contributed by atoms with van der Waals surface area (Å²) in [5, 5.41) is 2.43. The maximum atomic E-state index is 6.47. The average Bonchev–Trinajstić information content (AvgIpc) is 3.60. The number of rotatable bonds is 10. The number of aryl methyl sites for hydroxylation is 1. The Balaban J connectivity index is 1.30. The van der Waals surface area contributed by atoms with E-state index < -0.39 is 8.07 Å². The quantitative estimate of drug-likeness (QED) is 0.114. The summed E-state index contributed by atoms with van der Waals surface area (Å²) in [6, 6.07) is 28.4. The van der Waals surface area contributed by atoms with Crippen LogP contribution >= 0.6 is 0 Å². The number of aromatic nitrogens is 1. The first kappa shape index (κ1) is 31.7. The lowest BCUT2D eigenvalue weighted by Gasteiger charge is -2.38. The van der Waals surface area contributed by atoms with Crippen molar-refractivity contribution in [2.24, 2.45) is 0 Å². The van der Waals surface area contributed by atoms with Crippen LogP contribution in [-0.2, 0) is 6.54 Å². The Kier molecular flexibility index (Phi) is 8.84. The van der Waals surface area contributed by atoms with Crippen LogP contribution < -0.4 is 19.1 Å². The molecule has 0 amide bonds. The normalized spacial score (nSPS) is 15.1. The summed E-state index contributed by atoms with van der Waals surface area (Å²) >= 11 is 0. The molecule has 0 saturated heterocycles. The van der Waals surface area contributed by atoms with Gasteiger partial charge in [-0.2, -0.15) is 4.57 Å². The van der Waals surface area contributed by atoms with Gasteiger partial charge in [0.05, 0.1) is 25.2 Å². The topological polar surface area (TPSA) is 32.7 Å². The number of hydrogen-bond donors (Lipinski definition) is 0. The number of oxazole rings is 1. The van der Waals surface area contributed by atoms with Gasteiger partial charge in [-0.25, -0.2) is 0 Å². The highest BCUT2D eigenvalue weighted by Crippen LogP contribution is 2.42. The lowest BCUT2D eigenvalue weighted by molar-refractivity contribution is -0.673. The molecule has 2 heterocycles. The van der Waals surface area contributed by atoms with E-state index in [9.17, 15) is 0 Å². The fraction of sp³-hybridized carbons (Fsp3) is 0.325. The zero-order valence-corrected chi connectivity index (χ0v) is 29.7. The minimum absolute atomic E-state index is 0.574. The molecule has 0 N–H and O–H groups in total. The van der Waals surface area contributed by atoms with E-state index in [1.165, 1.54) is 27.6 Å². The molecule has 5 nitrogen and oxygen atoms in total. The van der Waals surface area contributed by atoms with Crippen LogP contribution in [0.4, 0.5) is 11.4 Å². The van der Waals surface area contributed by atoms with Gasteiger partial charge in [-0.15, -0.1) is 0 Å². The van der Waals surface area contributed by atoms with Gasteiger partial charge < -0.3 is 19.0 Å². The molecule has 6 rings (SSSR count). The molecule has 1 aliphatic rings. The minimum atomic E-state index is -1.30. The lowest BCUT2D eigenvalue weighted by Crippen LogP contribution is -2.49. The summed E-state index contributed by atoms with van der Waals surface area (Å²) in [4.78, 5) is 4.82. The van der Waals surface area contributed by atoms with E-state index in [-0.39, 0.29) is 0 Å². The molecule has 0 bridgehead atoms. The van der Waals surface area contributed by atoms with E-state index in [4.69, 9.17) is 9.15 Å². The second kappa shape index (κ2) is 12.8. The van der Waals surface area contributed by atoms with Crippen LogP contribution in [0.2, 0.25) is 19.6 Å². The van der Waals surface area contributed by atoms with Gasteiger partial charge in [-0.1, -0.05) is 69.0 Å². The Morgan fingerprint density at radius 2 is 1.65 bits per heavy atom. The smallest absolute Gasteiger partial charge is 0.374 e. The molecule has 0 spiro atoms. The number of benzene rings is 4. The van der Waals surface area contributed by atoms with Crippen molar-refractivity contribution in [1.29, 1.82) is 0 Å². The van der Waals surface area contributed by atoms with Crippen LogP contribution in [0.5, 0.6) is 5.75 Å². The molecule has 6 heteroatoms. The summed E-state index contributed by atoms with van der Waals surface area (Å²) in [6.07, 6.45) is 5.19. The highest BCUT2D eigenvalue weighted by Gasteiger charge is 2.29. The van der Waals surface area contributed by atoms with Crippen LogP contribution in [0.15, 0.2) is 101 Å². The van der Waals surface area contributed by atoms with Crippen molar-refractivity contribution < 1.29 is 13.7 Å². The van der Waals surface area contributed by atoms with Crippen molar-refractivity contribution in [3.05, 3.63) is 102 Å². The predicted molar refractivity (Wildman–Crippen MR) is 197 cm³/mol. The number of hydrogen-bond acceptors (Lipinski definition) is 4. The van der Waals surface area contributed by atoms with Crippen molar-refractivity contribution in [2.75, 3.05) is 22.9 Å². The molecule has 0 saturated carbocycles. The van der Waals surface area contributed by atoms with Crippen molar-refractivity contribution in [2.45, 2.75) is 72.9 Å². The minimum Gasteiger partial charge on any atom is -0.439 e. The van der Waals surface area contributed by atoms with Gasteiger partial charge >= 0.3 is 5.89 Å². The van der Waals surface area contributed by atoms with Gasteiger partial charge in [0.25, 0.3) is 5.52 Å². The van der Waals surface area contributed by atoms with Crippen LogP contribution in [0.3, 0.4) is 0 Å². The molecule has 238 valence electrons. The first-order valence-corrected chi connectivity index (χ1v) is 20.5. The average molecular weight is 631 g/mol. The monoisotopic (exact) mass is 630 g/mol. The zero-order chi connectivity index (χ0) is 32.6. The molecular formula is C40H48N3O2Si+. The largest absolute Gasteiger partial charge is 0.439 e.